The molecule has 0 aliphatic carbocycles. The molecule has 2 aromatic carbocycles. The third kappa shape index (κ3) is 5.72. The van der Waals surface area contributed by atoms with Crippen LogP contribution in [-0.2, 0) is 9.53 Å². The van der Waals surface area contributed by atoms with Crippen molar-refractivity contribution in [2.24, 2.45) is 0 Å². The number of rotatable bonds is 6. The molecule has 0 fully saturated rings. The summed E-state index contributed by atoms with van der Waals surface area (Å²) in [5.74, 6) is -1.58. The molecule has 2 rings (SSSR count). The SMILES string of the molecule is Cc1ccc(NC(=O)COC(=O)c2cccc(OC(F)F)c2)cc1Cl. The maximum absolute atomic E-state index is 12.2. The number of aryl methyl sites for hydroxylation is 1. The number of hydrogen-bond acceptors (Lipinski definition) is 4. The Kier molecular flexibility index (Phi) is 6.30. The molecule has 1 N–H and O–H groups in total. The molecule has 132 valence electrons. The Morgan fingerprint density at radius 1 is 1.20 bits per heavy atom. The summed E-state index contributed by atoms with van der Waals surface area (Å²) in [5, 5.41) is 3.02. The molecule has 0 bridgehead atoms. The summed E-state index contributed by atoms with van der Waals surface area (Å²) in [6.07, 6.45) is 0. The number of nitrogens with one attached hydrogen (secondary N) is 1. The highest BCUT2D eigenvalue weighted by Crippen LogP contribution is 2.20. The van der Waals surface area contributed by atoms with Crippen molar-refractivity contribution in [1.29, 1.82) is 0 Å². The Bertz CT molecular complexity index is 783. The predicted octanol–water partition coefficient (Wildman–Crippen LogP) is 4.05. The molecule has 0 atom stereocenters. The van der Waals surface area contributed by atoms with E-state index in [4.69, 9.17) is 16.3 Å². The minimum Gasteiger partial charge on any atom is -0.452 e. The topological polar surface area (TPSA) is 64.6 Å². The van der Waals surface area contributed by atoms with Crippen LogP contribution in [0.25, 0.3) is 0 Å². The van der Waals surface area contributed by atoms with E-state index in [1.807, 2.05) is 6.92 Å². The Labute approximate surface area is 147 Å². The summed E-state index contributed by atoms with van der Waals surface area (Å²) in [6, 6.07) is 10.1. The average molecular weight is 370 g/mol. The molecule has 0 spiro atoms. The molecule has 0 aliphatic heterocycles. The number of esters is 1. The first kappa shape index (κ1) is 18.7. The van der Waals surface area contributed by atoms with Gasteiger partial charge in [0.25, 0.3) is 5.91 Å². The van der Waals surface area contributed by atoms with Crippen LogP contribution in [0.15, 0.2) is 42.5 Å². The number of carbonyl (C=O) groups is 2. The van der Waals surface area contributed by atoms with Crippen LogP contribution in [-0.4, -0.2) is 25.1 Å². The molecule has 0 radical (unpaired) electrons. The summed E-state index contributed by atoms with van der Waals surface area (Å²) in [4.78, 5) is 23.7. The monoisotopic (exact) mass is 369 g/mol. The molecule has 0 unspecified atom stereocenters. The smallest absolute Gasteiger partial charge is 0.387 e. The first-order valence-corrected chi connectivity index (χ1v) is 7.51. The molecule has 0 aliphatic rings. The van der Waals surface area contributed by atoms with Gasteiger partial charge in [-0.15, -0.1) is 0 Å². The Balaban J connectivity index is 1.90. The normalized spacial score (nSPS) is 10.4. The van der Waals surface area contributed by atoms with Crippen molar-refractivity contribution in [2.75, 3.05) is 11.9 Å². The molecular formula is C17H14ClF2NO4. The number of ether oxygens (including phenoxy) is 2. The Morgan fingerprint density at radius 3 is 2.64 bits per heavy atom. The van der Waals surface area contributed by atoms with E-state index in [2.05, 4.69) is 10.1 Å². The van der Waals surface area contributed by atoms with Crippen LogP contribution in [0.3, 0.4) is 0 Å². The van der Waals surface area contributed by atoms with Gasteiger partial charge in [0.1, 0.15) is 5.75 Å². The molecule has 1 amide bonds. The maximum atomic E-state index is 12.2. The Hall–Kier alpha value is -2.67. The number of halogens is 3. The van der Waals surface area contributed by atoms with Crippen molar-refractivity contribution >= 4 is 29.2 Å². The molecule has 0 heterocycles. The van der Waals surface area contributed by atoms with Gasteiger partial charge < -0.3 is 14.8 Å². The van der Waals surface area contributed by atoms with Crippen molar-refractivity contribution in [3.05, 3.63) is 58.6 Å². The number of alkyl halides is 2. The van der Waals surface area contributed by atoms with Crippen LogP contribution >= 0.6 is 11.6 Å². The van der Waals surface area contributed by atoms with Crippen molar-refractivity contribution in [2.45, 2.75) is 13.5 Å². The summed E-state index contributed by atoms with van der Waals surface area (Å²) < 4.78 is 33.4. The average Bonchev–Trinajstić information content (AvgIpc) is 2.55. The van der Waals surface area contributed by atoms with Gasteiger partial charge in [-0.3, -0.25) is 4.79 Å². The van der Waals surface area contributed by atoms with Crippen LogP contribution < -0.4 is 10.1 Å². The highest BCUT2D eigenvalue weighted by atomic mass is 35.5. The van der Waals surface area contributed by atoms with Crippen molar-refractivity contribution in [3.63, 3.8) is 0 Å². The van der Waals surface area contributed by atoms with E-state index >= 15 is 0 Å². The van der Waals surface area contributed by atoms with E-state index < -0.39 is 25.1 Å². The van der Waals surface area contributed by atoms with Crippen molar-refractivity contribution in [3.8, 4) is 5.75 Å². The number of hydrogen-bond donors (Lipinski definition) is 1. The highest BCUT2D eigenvalue weighted by Gasteiger charge is 2.13. The van der Waals surface area contributed by atoms with E-state index in [0.717, 1.165) is 11.6 Å². The van der Waals surface area contributed by atoms with Crippen LogP contribution in [0.1, 0.15) is 15.9 Å². The van der Waals surface area contributed by atoms with Crippen LogP contribution in [0, 0.1) is 6.92 Å². The van der Waals surface area contributed by atoms with Crippen LogP contribution in [0.5, 0.6) is 5.75 Å². The number of benzene rings is 2. The second kappa shape index (κ2) is 8.43. The van der Waals surface area contributed by atoms with Gasteiger partial charge in [-0.25, -0.2) is 4.79 Å². The molecule has 8 heteroatoms. The lowest BCUT2D eigenvalue weighted by atomic mass is 10.2. The standard InChI is InChI=1S/C17H14ClF2NO4/c1-10-5-6-12(8-14(10)18)21-15(22)9-24-16(23)11-3-2-4-13(7-11)25-17(19)20/h2-8,17H,9H2,1H3,(H,21,22). The van der Waals surface area contributed by atoms with Gasteiger partial charge in [0.05, 0.1) is 5.56 Å². The molecule has 0 saturated heterocycles. The molecule has 0 saturated carbocycles. The first-order chi connectivity index (χ1) is 11.8. The first-order valence-electron chi connectivity index (χ1n) is 7.13. The van der Waals surface area contributed by atoms with Gasteiger partial charge in [-0.05, 0) is 42.8 Å². The third-order valence-electron chi connectivity index (χ3n) is 3.08. The summed E-state index contributed by atoms with van der Waals surface area (Å²) >= 11 is 5.95. The lowest BCUT2D eigenvalue weighted by molar-refractivity contribution is -0.119. The minimum absolute atomic E-state index is 0.00988. The van der Waals surface area contributed by atoms with Crippen LogP contribution in [0.2, 0.25) is 5.02 Å². The minimum atomic E-state index is -3.00. The molecule has 0 aromatic heterocycles. The maximum Gasteiger partial charge on any atom is 0.387 e. The second-order valence-electron chi connectivity index (χ2n) is 4.99. The number of anilines is 1. The second-order valence-corrected chi connectivity index (χ2v) is 5.40. The van der Waals surface area contributed by atoms with Crippen molar-refractivity contribution in [1.82, 2.24) is 0 Å². The number of amides is 1. The van der Waals surface area contributed by atoms with E-state index in [9.17, 15) is 18.4 Å². The zero-order valence-electron chi connectivity index (χ0n) is 13.1. The van der Waals surface area contributed by atoms with Crippen molar-refractivity contribution < 1.29 is 27.8 Å². The lowest BCUT2D eigenvalue weighted by Crippen LogP contribution is -2.21. The number of carbonyl (C=O) groups excluding carboxylic acids is 2. The van der Waals surface area contributed by atoms with Gasteiger partial charge in [0.15, 0.2) is 6.61 Å². The molecular weight excluding hydrogens is 356 g/mol. The van der Waals surface area contributed by atoms with Gasteiger partial charge in [0, 0.05) is 10.7 Å². The molecule has 2 aromatic rings. The van der Waals surface area contributed by atoms with Gasteiger partial charge in [-0.1, -0.05) is 23.7 Å². The summed E-state index contributed by atoms with van der Waals surface area (Å²) in [5.41, 5.74) is 1.31. The largest absolute Gasteiger partial charge is 0.452 e. The fourth-order valence-electron chi connectivity index (χ4n) is 1.88. The van der Waals surface area contributed by atoms with Gasteiger partial charge in [-0.2, -0.15) is 8.78 Å². The summed E-state index contributed by atoms with van der Waals surface area (Å²) in [6.45, 7) is -1.72. The van der Waals surface area contributed by atoms with Gasteiger partial charge >= 0.3 is 12.6 Å². The van der Waals surface area contributed by atoms with E-state index in [1.54, 1.807) is 18.2 Å². The van der Waals surface area contributed by atoms with E-state index in [-0.39, 0.29) is 11.3 Å². The highest BCUT2D eigenvalue weighted by molar-refractivity contribution is 6.31. The molecule has 5 nitrogen and oxygen atoms in total. The van der Waals surface area contributed by atoms with E-state index in [1.165, 1.54) is 18.2 Å². The predicted molar refractivity (Wildman–Crippen MR) is 88.2 cm³/mol. The molecule has 25 heavy (non-hydrogen) atoms. The fourth-order valence-corrected chi connectivity index (χ4v) is 2.06. The van der Waals surface area contributed by atoms with E-state index in [0.29, 0.717) is 10.7 Å². The third-order valence-corrected chi connectivity index (χ3v) is 3.49. The summed E-state index contributed by atoms with van der Waals surface area (Å²) in [7, 11) is 0. The zero-order chi connectivity index (χ0) is 18.4. The van der Waals surface area contributed by atoms with Crippen LogP contribution in [0.4, 0.5) is 14.5 Å². The zero-order valence-corrected chi connectivity index (χ0v) is 13.8. The fraction of sp³-hybridized carbons (Fsp3) is 0.176. The lowest BCUT2D eigenvalue weighted by Gasteiger charge is -2.09. The van der Waals surface area contributed by atoms with Gasteiger partial charge in [0.2, 0.25) is 0 Å². The Morgan fingerprint density at radius 2 is 1.96 bits per heavy atom. The quantitative estimate of drug-likeness (QED) is 0.780.